The molecule has 2 amide bonds. The molecule has 18 heavy (non-hydrogen) atoms. The lowest BCUT2D eigenvalue weighted by atomic mass is 10.3. The highest BCUT2D eigenvalue weighted by molar-refractivity contribution is 6.30. The molecule has 1 aromatic carbocycles. The molecule has 2 N–H and O–H groups in total. The number of aliphatic hydroxyl groups is 1. The van der Waals surface area contributed by atoms with Crippen molar-refractivity contribution in [2.75, 3.05) is 18.5 Å². The van der Waals surface area contributed by atoms with Crippen molar-refractivity contribution >= 4 is 29.1 Å². The van der Waals surface area contributed by atoms with Gasteiger partial charge in [0.1, 0.15) is 5.70 Å². The monoisotopic (exact) mass is 266 g/mol. The first-order valence-electron chi connectivity index (χ1n) is 5.33. The first-order valence-corrected chi connectivity index (χ1v) is 5.70. The van der Waals surface area contributed by atoms with Crippen LogP contribution in [0.4, 0.5) is 5.69 Å². The summed E-state index contributed by atoms with van der Waals surface area (Å²) in [6.07, 6.45) is 1.21. The summed E-state index contributed by atoms with van der Waals surface area (Å²) in [7, 11) is 0. The molecule has 0 atom stereocenters. The van der Waals surface area contributed by atoms with Crippen LogP contribution in [0.3, 0.4) is 0 Å². The molecule has 0 aliphatic carbocycles. The van der Waals surface area contributed by atoms with Crippen molar-refractivity contribution in [2.45, 2.75) is 0 Å². The molecule has 2 rings (SSSR count). The van der Waals surface area contributed by atoms with Crippen molar-refractivity contribution in [3.8, 4) is 0 Å². The van der Waals surface area contributed by atoms with E-state index in [9.17, 15) is 9.59 Å². The van der Waals surface area contributed by atoms with Crippen molar-refractivity contribution in [3.63, 3.8) is 0 Å². The fraction of sp³-hybridized carbons (Fsp3) is 0.167. The number of rotatable bonds is 4. The Hall–Kier alpha value is -1.85. The number of hydrogen-bond acceptors (Lipinski definition) is 4. The summed E-state index contributed by atoms with van der Waals surface area (Å²) in [5.41, 5.74) is 0.855. The predicted octanol–water partition coefficient (Wildman–Crippen LogP) is 0.997. The molecule has 0 aromatic heterocycles. The van der Waals surface area contributed by atoms with Crippen LogP contribution in [0.1, 0.15) is 0 Å². The maximum Gasteiger partial charge on any atom is 0.277 e. The summed E-state index contributed by atoms with van der Waals surface area (Å²) in [6.45, 7) is -0.250. The van der Waals surface area contributed by atoms with Crippen LogP contribution in [0.25, 0.3) is 0 Å². The molecule has 94 valence electrons. The average Bonchev–Trinajstić information content (AvgIpc) is 2.60. The first kappa shape index (κ1) is 12.6. The number of nitrogens with zero attached hydrogens (tertiary/aromatic N) is 1. The maximum atomic E-state index is 11.8. The van der Waals surface area contributed by atoms with Gasteiger partial charge in [-0.25, -0.2) is 0 Å². The number of benzene rings is 1. The van der Waals surface area contributed by atoms with Crippen molar-refractivity contribution < 1.29 is 14.7 Å². The number of β-amino-alcohol motifs (C(OH)–C–C–N with tert-alkyl or cyclic N) is 1. The minimum atomic E-state index is -0.441. The predicted molar refractivity (Wildman–Crippen MR) is 67.0 cm³/mol. The van der Waals surface area contributed by atoms with Gasteiger partial charge in [-0.2, -0.15) is 0 Å². The lowest BCUT2D eigenvalue weighted by Gasteiger charge is -2.13. The number of imide groups is 1. The first-order chi connectivity index (χ1) is 8.61. The number of carbonyl (C=O) groups excluding carboxylic acids is 2. The Morgan fingerprint density at radius 2 is 1.89 bits per heavy atom. The van der Waals surface area contributed by atoms with Crippen LogP contribution in [-0.4, -0.2) is 35.0 Å². The average molecular weight is 267 g/mol. The molecule has 0 bridgehead atoms. The number of carbonyl (C=O) groups is 2. The highest BCUT2D eigenvalue weighted by atomic mass is 35.5. The summed E-state index contributed by atoms with van der Waals surface area (Å²) in [4.78, 5) is 24.3. The highest BCUT2D eigenvalue weighted by Gasteiger charge is 2.30. The van der Waals surface area contributed by atoms with Crippen LogP contribution in [0, 0.1) is 0 Å². The van der Waals surface area contributed by atoms with E-state index in [-0.39, 0.29) is 18.8 Å². The number of hydrogen-bond donors (Lipinski definition) is 2. The van der Waals surface area contributed by atoms with Crippen molar-refractivity contribution in [2.24, 2.45) is 0 Å². The fourth-order valence-corrected chi connectivity index (χ4v) is 1.72. The normalized spacial score (nSPS) is 15.0. The van der Waals surface area contributed by atoms with Gasteiger partial charge in [0.05, 0.1) is 13.2 Å². The third kappa shape index (κ3) is 2.52. The largest absolute Gasteiger partial charge is 0.395 e. The summed E-state index contributed by atoms with van der Waals surface area (Å²) >= 11 is 5.75. The van der Waals surface area contributed by atoms with Gasteiger partial charge in [-0.15, -0.1) is 0 Å². The molecular weight excluding hydrogens is 256 g/mol. The molecule has 0 unspecified atom stereocenters. The molecule has 0 saturated heterocycles. The Morgan fingerprint density at radius 3 is 2.50 bits per heavy atom. The van der Waals surface area contributed by atoms with Crippen LogP contribution in [0.5, 0.6) is 0 Å². The smallest absolute Gasteiger partial charge is 0.277 e. The van der Waals surface area contributed by atoms with Gasteiger partial charge in [0, 0.05) is 16.8 Å². The second-order valence-corrected chi connectivity index (χ2v) is 4.14. The van der Waals surface area contributed by atoms with E-state index < -0.39 is 11.8 Å². The molecule has 5 nitrogen and oxygen atoms in total. The molecule has 1 heterocycles. The van der Waals surface area contributed by atoms with E-state index in [2.05, 4.69) is 5.32 Å². The molecule has 0 fully saturated rings. The van der Waals surface area contributed by atoms with Crippen LogP contribution in [-0.2, 0) is 9.59 Å². The maximum absolute atomic E-state index is 11.8. The number of amides is 2. The van der Waals surface area contributed by atoms with E-state index in [1.54, 1.807) is 24.3 Å². The van der Waals surface area contributed by atoms with Gasteiger partial charge in [0.2, 0.25) is 0 Å². The second-order valence-electron chi connectivity index (χ2n) is 3.71. The summed E-state index contributed by atoms with van der Waals surface area (Å²) in [6, 6.07) is 6.76. The number of aliphatic hydroxyl groups excluding tert-OH is 1. The number of halogens is 1. The molecule has 1 aliphatic heterocycles. The van der Waals surface area contributed by atoms with Crippen molar-refractivity contribution in [3.05, 3.63) is 41.1 Å². The molecule has 0 spiro atoms. The molecule has 1 aliphatic rings. The topological polar surface area (TPSA) is 69.6 Å². The zero-order valence-corrected chi connectivity index (χ0v) is 10.1. The van der Waals surface area contributed by atoms with Gasteiger partial charge in [0.25, 0.3) is 11.8 Å². The zero-order chi connectivity index (χ0) is 13.1. The Morgan fingerprint density at radius 1 is 1.22 bits per heavy atom. The van der Waals surface area contributed by atoms with Gasteiger partial charge in [-0.05, 0) is 24.3 Å². The highest BCUT2D eigenvalue weighted by Crippen LogP contribution is 2.18. The Kier molecular flexibility index (Phi) is 3.64. The molecule has 0 radical (unpaired) electrons. The van der Waals surface area contributed by atoms with E-state index in [1.807, 2.05) is 0 Å². The molecule has 6 heteroatoms. The lowest BCUT2D eigenvalue weighted by Crippen LogP contribution is -2.34. The molecule has 1 aromatic rings. The van der Waals surface area contributed by atoms with E-state index in [0.717, 1.165) is 4.90 Å². The van der Waals surface area contributed by atoms with Gasteiger partial charge in [0.15, 0.2) is 0 Å². The van der Waals surface area contributed by atoms with Crippen LogP contribution in [0.2, 0.25) is 5.02 Å². The molecular formula is C12H11ClN2O3. The van der Waals surface area contributed by atoms with Crippen molar-refractivity contribution in [1.82, 2.24) is 4.90 Å². The van der Waals surface area contributed by atoms with E-state index in [0.29, 0.717) is 10.7 Å². The quantitative estimate of drug-likeness (QED) is 0.798. The molecule has 0 saturated carbocycles. The minimum absolute atomic E-state index is 0.0000352. The Bertz CT molecular complexity index is 511. The van der Waals surface area contributed by atoms with E-state index >= 15 is 0 Å². The second kappa shape index (κ2) is 5.20. The number of anilines is 1. The van der Waals surface area contributed by atoms with Crippen LogP contribution < -0.4 is 5.32 Å². The van der Waals surface area contributed by atoms with Crippen LogP contribution in [0.15, 0.2) is 36.0 Å². The SMILES string of the molecule is O=C1C=C(Nc2ccc(Cl)cc2)C(=O)N1CCO. The zero-order valence-electron chi connectivity index (χ0n) is 9.39. The van der Waals surface area contributed by atoms with Gasteiger partial charge >= 0.3 is 0 Å². The van der Waals surface area contributed by atoms with E-state index in [4.69, 9.17) is 16.7 Å². The standard InChI is InChI=1S/C12H11ClN2O3/c13-8-1-3-9(4-2-8)14-10-7-11(17)15(5-6-16)12(10)18/h1-4,7,14,16H,5-6H2. The summed E-state index contributed by atoms with van der Waals surface area (Å²) in [5.74, 6) is -0.866. The van der Waals surface area contributed by atoms with Gasteiger partial charge in [-0.3, -0.25) is 14.5 Å². The van der Waals surface area contributed by atoms with E-state index in [1.165, 1.54) is 6.08 Å². The van der Waals surface area contributed by atoms with Gasteiger partial charge in [-0.1, -0.05) is 11.6 Å². The number of nitrogens with one attached hydrogen (secondary N) is 1. The lowest BCUT2D eigenvalue weighted by molar-refractivity contribution is -0.137. The minimum Gasteiger partial charge on any atom is -0.395 e. The Labute approximate surface area is 109 Å². The van der Waals surface area contributed by atoms with Gasteiger partial charge < -0.3 is 10.4 Å². The third-order valence-corrected chi connectivity index (χ3v) is 2.71. The van der Waals surface area contributed by atoms with Crippen molar-refractivity contribution in [1.29, 1.82) is 0 Å². The van der Waals surface area contributed by atoms with Crippen LogP contribution >= 0.6 is 11.6 Å². The fourth-order valence-electron chi connectivity index (χ4n) is 1.60. The Balaban J connectivity index is 2.11. The summed E-state index contributed by atoms with van der Waals surface area (Å²) < 4.78 is 0. The summed E-state index contributed by atoms with van der Waals surface area (Å²) in [5, 5.41) is 12.2. The third-order valence-electron chi connectivity index (χ3n) is 2.46.